The van der Waals surface area contributed by atoms with Crippen molar-refractivity contribution in [2.75, 3.05) is 24.4 Å². The Kier molecular flexibility index (Phi) is 4.34. The molecular formula is C20H19N3O2S. The molecule has 132 valence electrons. The third-order valence-corrected chi connectivity index (χ3v) is 5.38. The fourth-order valence-electron chi connectivity index (χ4n) is 3.14. The second kappa shape index (κ2) is 6.80. The number of para-hydroxylation sites is 1. The lowest BCUT2D eigenvalue weighted by atomic mass is 10.1. The zero-order chi connectivity index (χ0) is 18.1. The molecule has 0 aliphatic carbocycles. The molecule has 0 radical (unpaired) electrons. The van der Waals surface area contributed by atoms with Crippen LogP contribution in [0.2, 0.25) is 0 Å². The first-order chi connectivity index (χ1) is 12.7. The molecular weight excluding hydrogens is 346 g/mol. The van der Waals surface area contributed by atoms with Crippen LogP contribution in [0.4, 0.5) is 10.8 Å². The third-order valence-electron chi connectivity index (χ3n) is 4.58. The zero-order valence-electron chi connectivity index (χ0n) is 14.7. The molecule has 1 N–H and O–H groups in total. The summed E-state index contributed by atoms with van der Waals surface area (Å²) in [6, 6.07) is 14.0. The Morgan fingerprint density at radius 2 is 2.12 bits per heavy atom. The van der Waals surface area contributed by atoms with E-state index in [0.29, 0.717) is 13.0 Å². The number of carbonyl (C=O) groups is 1. The average molecular weight is 365 g/mol. The molecule has 0 fully saturated rings. The minimum atomic E-state index is 0.134. The standard InChI is InChI=1S/C20H19N3O2S/c1-23-17-8-7-13(9-15(17)10-19(23)24)16-12-26-20(22-16)21-11-14-5-3-4-6-18(14)25-2/h3-9,12H,10-11H2,1-2H3,(H,21,22). The largest absolute Gasteiger partial charge is 0.496 e. The van der Waals surface area contributed by atoms with Gasteiger partial charge in [-0.05, 0) is 23.8 Å². The minimum absolute atomic E-state index is 0.134. The molecule has 2 heterocycles. The number of likely N-dealkylation sites (N-methyl/N-ethyl adjacent to an activating group) is 1. The molecule has 4 rings (SSSR count). The van der Waals surface area contributed by atoms with Crippen LogP contribution in [0.3, 0.4) is 0 Å². The van der Waals surface area contributed by atoms with E-state index in [4.69, 9.17) is 4.74 Å². The molecule has 1 aliphatic heterocycles. The monoisotopic (exact) mass is 365 g/mol. The first-order valence-electron chi connectivity index (χ1n) is 8.37. The Balaban J connectivity index is 1.50. The van der Waals surface area contributed by atoms with Gasteiger partial charge >= 0.3 is 0 Å². The highest BCUT2D eigenvalue weighted by molar-refractivity contribution is 7.14. The highest BCUT2D eigenvalue weighted by Crippen LogP contribution is 2.33. The Morgan fingerprint density at radius 3 is 2.96 bits per heavy atom. The molecule has 6 heteroatoms. The number of hydrogen-bond acceptors (Lipinski definition) is 5. The number of fused-ring (bicyclic) bond motifs is 1. The number of rotatable bonds is 5. The van der Waals surface area contributed by atoms with Crippen molar-refractivity contribution in [3.63, 3.8) is 0 Å². The molecule has 0 unspecified atom stereocenters. The maximum Gasteiger partial charge on any atom is 0.231 e. The Bertz CT molecular complexity index is 967. The van der Waals surface area contributed by atoms with Gasteiger partial charge in [0.2, 0.25) is 5.91 Å². The van der Waals surface area contributed by atoms with Gasteiger partial charge in [-0.25, -0.2) is 4.98 Å². The predicted molar refractivity (Wildman–Crippen MR) is 105 cm³/mol. The molecule has 1 amide bonds. The minimum Gasteiger partial charge on any atom is -0.496 e. The molecule has 2 aromatic carbocycles. The first-order valence-corrected chi connectivity index (χ1v) is 9.25. The second-order valence-corrected chi connectivity index (χ2v) is 7.03. The van der Waals surface area contributed by atoms with Gasteiger partial charge in [-0.3, -0.25) is 4.79 Å². The molecule has 26 heavy (non-hydrogen) atoms. The summed E-state index contributed by atoms with van der Waals surface area (Å²) in [5.41, 5.74) is 5.09. The van der Waals surface area contributed by atoms with Gasteiger partial charge < -0.3 is 15.0 Å². The van der Waals surface area contributed by atoms with Crippen molar-refractivity contribution in [2.24, 2.45) is 0 Å². The van der Waals surface area contributed by atoms with Crippen LogP contribution in [-0.2, 0) is 17.8 Å². The summed E-state index contributed by atoms with van der Waals surface area (Å²) in [6.07, 6.45) is 0.461. The van der Waals surface area contributed by atoms with Gasteiger partial charge in [0.1, 0.15) is 5.75 Å². The van der Waals surface area contributed by atoms with Crippen LogP contribution in [0.25, 0.3) is 11.3 Å². The van der Waals surface area contributed by atoms with Crippen molar-refractivity contribution in [3.8, 4) is 17.0 Å². The number of hydrogen-bond donors (Lipinski definition) is 1. The molecule has 0 atom stereocenters. The number of aromatic nitrogens is 1. The van der Waals surface area contributed by atoms with Crippen molar-refractivity contribution in [3.05, 3.63) is 59.0 Å². The van der Waals surface area contributed by atoms with Gasteiger partial charge in [-0.2, -0.15) is 0 Å². The predicted octanol–water partition coefficient (Wildman–Crippen LogP) is 3.95. The number of carbonyl (C=O) groups excluding carboxylic acids is 1. The van der Waals surface area contributed by atoms with E-state index in [0.717, 1.165) is 39.0 Å². The van der Waals surface area contributed by atoms with Gasteiger partial charge in [-0.15, -0.1) is 11.3 Å². The molecule has 3 aromatic rings. The molecule has 0 bridgehead atoms. The molecule has 1 aromatic heterocycles. The summed E-state index contributed by atoms with van der Waals surface area (Å²) in [5.74, 6) is 0.999. The highest BCUT2D eigenvalue weighted by atomic mass is 32.1. The van der Waals surface area contributed by atoms with E-state index >= 15 is 0 Å². The van der Waals surface area contributed by atoms with E-state index in [1.807, 2.05) is 48.8 Å². The molecule has 0 saturated carbocycles. The number of benzene rings is 2. The smallest absolute Gasteiger partial charge is 0.231 e. The highest BCUT2D eigenvalue weighted by Gasteiger charge is 2.24. The van der Waals surface area contributed by atoms with Crippen LogP contribution in [0.15, 0.2) is 47.8 Å². The van der Waals surface area contributed by atoms with Crippen LogP contribution >= 0.6 is 11.3 Å². The molecule has 1 aliphatic rings. The quantitative estimate of drug-likeness (QED) is 0.744. The lowest BCUT2D eigenvalue weighted by Crippen LogP contribution is -2.20. The molecule has 5 nitrogen and oxygen atoms in total. The van der Waals surface area contributed by atoms with Crippen molar-refractivity contribution in [2.45, 2.75) is 13.0 Å². The number of amides is 1. The van der Waals surface area contributed by atoms with E-state index in [9.17, 15) is 4.79 Å². The van der Waals surface area contributed by atoms with Gasteiger partial charge in [-0.1, -0.05) is 24.3 Å². The topological polar surface area (TPSA) is 54.5 Å². The van der Waals surface area contributed by atoms with E-state index in [-0.39, 0.29) is 5.91 Å². The third kappa shape index (κ3) is 3.04. The van der Waals surface area contributed by atoms with Gasteiger partial charge in [0.05, 0.1) is 19.2 Å². The molecule has 0 spiro atoms. The molecule has 0 saturated heterocycles. The average Bonchev–Trinajstić information content (AvgIpc) is 3.25. The number of ether oxygens (including phenoxy) is 1. The van der Waals surface area contributed by atoms with Gasteiger partial charge in [0.15, 0.2) is 5.13 Å². The Morgan fingerprint density at radius 1 is 1.27 bits per heavy atom. The van der Waals surface area contributed by atoms with Crippen LogP contribution in [0, 0.1) is 0 Å². The first kappa shape index (κ1) is 16.6. The fraction of sp³-hybridized carbons (Fsp3) is 0.200. The Labute approximate surface area is 156 Å². The number of nitrogens with one attached hydrogen (secondary N) is 1. The zero-order valence-corrected chi connectivity index (χ0v) is 15.5. The summed E-state index contributed by atoms with van der Waals surface area (Å²) >= 11 is 1.57. The van der Waals surface area contributed by atoms with Crippen molar-refractivity contribution >= 4 is 28.1 Å². The summed E-state index contributed by atoms with van der Waals surface area (Å²) in [7, 11) is 3.49. The Hall–Kier alpha value is -2.86. The van der Waals surface area contributed by atoms with Crippen molar-refractivity contribution in [1.82, 2.24) is 4.98 Å². The van der Waals surface area contributed by atoms with Crippen LogP contribution in [0.1, 0.15) is 11.1 Å². The van der Waals surface area contributed by atoms with Crippen molar-refractivity contribution in [1.29, 1.82) is 0 Å². The van der Waals surface area contributed by atoms with Gasteiger partial charge in [0, 0.05) is 35.8 Å². The number of nitrogens with zero attached hydrogens (tertiary/aromatic N) is 2. The lowest BCUT2D eigenvalue weighted by molar-refractivity contribution is -0.117. The van der Waals surface area contributed by atoms with Crippen LogP contribution in [-0.4, -0.2) is 25.0 Å². The van der Waals surface area contributed by atoms with Crippen LogP contribution < -0.4 is 15.0 Å². The number of anilines is 2. The van der Waals surface area contributed by atoms with Gasteiger partial charge in [0.25, 0.3) is 0 Å². The summed E-state index contributed by atoms with van der Waals surface area (Å²) in [5, 5.41) is 6.25. The normalized spacial score (nSPS) is 13.0. The van der Waals surface area contributed by atoms with Crippen LogP contribution in [0.5, 0.6) is 5.75 Å². The summed E-state index contributed by atoms with van der Waals surface area (Å²) in [4.78, 5) is 18.2. The fourth-order valence-corrected chi connectivity index (χ4v) is 3.86. The van der Waals surface area contributed by atoms with E-state index in [1.54, 1.807) is 23.3 Å². The lowest BCUT2D eigenvalue weighted by Gasteiger charge is -2.10. The van der Waals surface area contributed by atoms with E-state index < -0.39 is 0 Å². The van der Waals surface area contributed by atoms with E-state index in [1.165, 1.54) is 0 Å². The maximum absolute atomic E-state index is 11.8. The SMILES string of the molecule is COc1ccccc1CNc1nc(-c2ccc3c(c2)CC(=O)N3C)cs1. The summed E-state index contributed by atoms with van der Waals surface area (Å²) < 4.78 is 5.38. The summed E-state index contributed by atoms with van der Waals surface area (Å²) in [6.45, 7) is 0.653. The number of methoxy groups -OCH3 is 1. The van der Waals surface area contributed by atoms with E-state index in [2.05, 4.69) is 16.4 Å². The second-order valence-electron chi connectivity index (χ2n) is 6.18. The van der Waals surface area contributed by atoms with Crippen molar-refractivity contribution < 1.29 is 9.53 Å². The maximum atomic E-state index is 11.8. The number of thiazole rings is 1.